The van der Waals surface area contributed by atoms with Crippen LogP contribution in [0.2, 0.25) is 0 Å². The molecule has 0 aliphatic heterocycles. The van der Waals surface area contributed by atoms with Gasteiger partial charge in [-0.2, -0.15) is 0 Å². The number of benzene rings is 1. The van der Waals surface area contributed by atoms with Crippen molar-refractivity contribution in [1.29, 1.82) is 0 Å². The fourth-order valence-electron chi connectivity index (χ4n) is 1.79. The standard InChI is InChI=1S/C14H23N3O3S/c1-14(2,3)17-13(18)9-16-21(19,20)10-12-7-5-4-6-11(12)8-15/h4-7,16H,8-10,15H2,1-3H3,(H,17,18). The molecule has 0 bridgehead atoms. The number of nitrogens with one attached hydrogen (secondary N) is 2. The van der Waals surface area contributed by atoms with Gasteiger partial charge in [0.1, 0.15) is 0 Å². The maximum Gasteiger partial charge on any atom is 0.235 e. The van der Waals surface area contributed by atoms with Gasteiger partial charge in [-0.3, -0.25) is 4.79 Å². The lowest BCUT2D eigenvalue weighted by Gasteiger charge is -2.20. The second-order valence-corrected chi connectivity index (χ2v) is 7.66. The van der Waals surface area contributed by atoms with Crippen LogP contribution in [0.1, 0.15) is 31.9 Å². The fraction of sp³-hybridized carbons (Fsp3) is 0.500. The number of nitrogens with two attached hydrogens (primary N) is 1. The van der Waals surface area contributed by atoms with Crippen molar-refractivity contribution in [1.82, 2.24) is 10.0 Å². The van der Waals surface area contributed by atoms with Gasteiger partial charge in [-0.25, -0.2) is 13.1 Å². The molecule has 4 N–H and O–H groups in total. The van der Waals surface area contributed by atoms with E-state index in [4.69, 9.17) is 5.73 Å². The second kappa shape index (κ2) is 7.02. The van der Waals surface area contributed by atoms with Crippen molar-refractivity contribution in [2.75, 3.05) is 6.54 Å². The van der Waals surface area contributed by atoms with Crippen LogP contribution in [0, 0.1) is 0 Å². The molecule has 0 radical (unpaired) electrons. The summed E-state index contributed by atoms with van der Waals surface area (Å²) in [5, 5.41) is 2.69. The van der Waals surface area contributed by atoms with E-state index in [1.165, 1.54) is 0 Å². The maximum atomic E-state index is 12.0. The first-order valence-corrected chi connectivity index (χ1v) is 8.33. The first-order valence-electron chi connectivity index (χ1n) is 6.68. The Hall–Kier alpha value is -1.44. The Bertz CT molecular complexity index is 592. The van der Waals surface area contributed by atoms with Crippen LogP contribution in [-0.4, -0.2) is 26.4 Å². The zero-order valence-electron chi connectivity index (χ0n) is 12.6. The minimum Gasteiger partial charge on any atom is -0.350 e. The molecule has 0 atom stereocenters. The van der Waals surface area contributed by atoms with Gasteiger partial charge in [0.25, 0.3) is 0 Å². The number of carbonyl (C=O) groups excluding carboxylic acids is 1. The van der Waals surface area contributed by atoms with Crippen molar-refractivity contribution in [2.45, 2.75) is 38.6 Å². The summed E-state index contributed by atoms with van der Waals surface area (Å²) in [5.41, 5.74) is 6.61. The number of rotatable bonds is 6. The molecule has 1 aromatic rings. The molecule has 0 aromatic heterocycles. The molecule has 0 fully saturated rings. The van der Waals surface area contributed by atoms with Crippen molar-refractivity contribution in [3.63, 3.8) is 0 Å². The summed E-state index contributed by atoms with van der Waals surface area (Å²) < 4.78 is 26.3. The molecule has 0 heterocycles. The third-order valence-corrected chi connectivity index (χ3v) is 3.93. The van der Waals surface area contributed by atoms with Crippen molar-refractivity contribution in [2.24, 2.45) is 5.73 Å². The van der Waals surface area contributed by atoms with Crippen molar-refractivity contribution >= 4 is 15.9 Å². The largest absolute Gasteiger partial charge is 0.350 e. The van der Waals surface area contributed by atoms with E-state index >= 15 is 0 Å². The number of sulfonamides is 1. The van der Waals surface area contributed by atoms with Crippen LogP contribution in [0.3, 0.4) is 0 Å². The summed E-state index contributed by atoms with van der Waals surface area (Å²) in [6.07, 6.45) is 0. The zero-order valence-corrected chi connectivity index (χ0v) is 13.5. The molecule has 0 saturated carbocycles. The molecule has 1 rings (SSSR count). The SMILES string of the molecule is CC(C)(C)NC(=O)CNS(=O)(=O)Cc1ccccc1CN. The Balaban J connectivity index is 2.64. The summed E-state index contributed by atoms with van der Waals surface area (Å²) in [5.74, 6) is -0.554. The lowest BCUT2D eigenvalue weighted by Crippen LogP contribution is -2.46. The molecule has 0 saturated heterocycles. The van der Waals surface area contributed by atoms with Crippen molar-refractivity contribution in [3.8, 4) is 0 Å². The topological polar surface area (TPSA) is 101 Å². The predicted octanol–water partition coefficient (Wildman–Crippen LogP) is 0.479. The van der Waals surface area contributed by atoms with Crippen LogP contribution < -0.4 is 15.8 Å². The number of hydrogen-bond donors (Lipinski definition) is 3. The van der Waals surface area contributed by atoms with Gasteiger partial charge in [0.05, 0.1) is 12.3 Å². The van der Waals surface area contributed by atoms with Crippen LogP contribution in [0.5, 0.6) is 0 Å². The van der Waals surface area contributed by atoms with Gasteiger partial charge in [-0.05, 0) is 31.9 Å². The van der Waals surface area contributed by atoms with Crippen molar-refractivity contribution in [3.05, 3.63) is 35.4 Å². The molecule has 1 amide bonds. The Morgan fingerprint density at radius 2 is 1.76 bits per heavy atom. The molecule has 7 heteroatoms. The minimum atomic E-state index is -3.58. The Morgan fingerprint density at radius 1 is 1.19 bits per heavy atom. The van der Waals surface area contributed by atoms with Gasteiger partial charge in [-0.15, -0.1) is 0 Å². The van der Waals surface area contributed by atoms with E-state index in [-0.39, 0.29) is 24.7 Å². The average molecular weight is 313 g/mol. The van der Waals surface area contributed by atoms with Gasteiger partial charge in [0.15, 0.2) is 0 Å². The third-order valence-electron chi connectivity index (χ3n) is 2.65. The molecule has 6 nitrogen and oxygen atoms in total. The summed E-state index contributed by atoms with van der Waals surface area (Å²) in [7, 11) is -3.58. The van der Waals surface area contributed by atoms with Crippen LogP contribution >= 0.6 is 0 Å². The normalized spacial score (nSPS) is 12.2. The average Bonchev–Trinajstić information content (AvgIpc) is 2.35. The molecule has 0 aliphatic carbocycles. The van der Waals surface area contributed by atoms with Crippen LogP contribution in [-0.2, 0) is 27.1 Å². The molecular formula is C14H23N3O3S. The quantitative estimate of drug-likeness (QED) is 0.711. The summed E-state index contributed by atoms with van der Waals surface area (Å²) >= 11 is 0. The second-order valence-electron chi connectivity index (χ2n) is 5.85. The molecule has 0 aliphatic rings. The van der Waals surface area contributed by atoms with Crippen molar-refractivity contribution < 1.29 is 13.2 Å². The van der Waals surface area contributed by atoms with E-state index in [0.717, 1.165) is 5.56 Å². The van der Waals surface area contributed by atoms with E-state index < -0.39 is 15.6 Å². The molecular weight excluding hydrogens is 290 g/mol. The van der Waals surface area contributed by atoms with Gasteiger partial charge in [-0.1, -0.05) is 24.3 Å². The number of amides is 1. The number of carbonyl (C=O) groups is 1. The van der Waals surface area contributed by atoms with Gasteiger partial charge < -0.3 is 11.1 Å². The van der Waals surface area contributed by atoms with E-state index in [2.05, 4.69) is 10.0 Å². The van der Waals surface area contributed by atoms with Gasteiger partial charge in [0, 0.05) is 12.1 Å². The Labute approximate surface area is 126 Å². The van der Waals surface area contributed by atoms with E-state index in [1.807, 2.05) is 26.8 Å². The van der Waals surface area contributed by atoms with Gasteiger partial charge in [0.2, 0.25) is 15.9 Å². The molecule has 118 valence electrons. The van der Waals surface area contributed by atoms with E-state index in [0.29, 0.717) is 5.56 Å². The minimum absolute atomic E-state index is 0.191. The molecule has 0 spiro atoms. The van der Waals surface area contributed by atoms with E-state index in [9.17, 15) is 13.2 Å². The highest BCUT2D eigenvalue weighted by molar-refractivity contribution is 7.88. The molecule has 0 unspecified atom stereocenters. The van der Waals surface area contributed by atoms with Crippen LogP contribution in [0.25, 0.3) is 0 Å². The highest BCUT2D eigenvalue weighted by Gasteiger charge is 2.18. The first kappa shape index (κ1) is 17.6. The highest BCUT2D eigenvalue weighted by atomic mass is 32.2. The van der Waals surface area contributed by atoms with Crippen LogP contribution in [0.4, 0.5) is 0 Å². The lowest BCUT2D eigenvalue weighted by atomic mass is 10.1. The summed E-state index contributed by atoms with van der Waals surface area (Å²) in [4.78, 5) is 11.6. The van der Waals surface area contributed by atoms with E-state index in [1.54, 1.807) is 18.2 Å². The number of hydrogen-bond acceptors (Lipinski definition) is 4. The molecule has 1 aromatic carbocycles. The summed E-state index contributed by atoms with van der Waals surface area (Å²) in [6, 6.07) is 7.08. The summed E-state index contributed by atoms with van der Waals surface area (Å²) in [6.45, 7) is 5.49. The Kier molecular flexibility index (Phi) is 5.88. The Morgan fingerprint density at radius 3 is 2.29 bits per heavy atom. The molecule has 21 heavy (non-hydrogen) atoms. The maximum absolute atomic E-state index is 12.0. The zero-order chi connectivity index (χ0) is 16.1. The first-order chi connectivity index (χ1) is 9.63. The predicted molar refractivity (Wildman–Crippen MR) is 82.9 cm³/mol. The van der Waals surface area contributed by atoms with Gasteiger partial charge >= 0.3 is 0 Å². The lowest BCUT2D eigenvalue weighted by molar-refractivity contribution is -0.121. The third kappa shape index (κ3) is 6.70. The smallest absolute Gasteiger partial charge is 0.235 e. The van der Waals surface area contributed by atoms with Crippen LogP contribution in [0.15, 0.2) is 24.3 Å². The monoisotopic (exact) mass is 313 g/mol. The highest BCUT2D eigenvalue weighted by Crippen LogP contribution is 2.11. The fourth-order valence-corrected chi connectivity index (χ4v) is 2.94.